The van der Waals surface area contributed by atoms with Gasteiger partial charge < -0.3 is 13.9 Å². The molecular formula is C48H42N6O2S2+2. The van der Waals surface area contributed by atoms with E-state index in [1.54, 1.807) is 22.7 Å². The molecule has 0 spiro atoms. The van der Waals surface area contributed by atoms with E-state index >= 15 is 0 Å². The first-order valence-corrected chi connectivity index (χ1v) is 21.1. The second kappa shape index (κ2) is 16.9. The van der Waals surface area contributed by atoms with Crippen LogP contribution in [-0.2, 0) is 31.4 Å². The Hall–Kier alpha value is -6.49. The molecule has 4 heterocycles. The van der Waals surface area contributed by atoms with Gasteiger partial charge in [0, 0.05) is 36.1 Å². The molecule has 0 aliphatic heterocycles. The van der Waals surface area contributed by atoms with Crippen molar-refractivity contribution in [2.24, 2.45) is 17.3 Å². The predicted octanol–water partition coefficient (Wildman–Crippen LogP) is 8.80. The minimum atomic E-state index is -0.307. The number of ether oxygens (including phenoxy) is 1. The van der Waals surface area contributed by atoms with Gasteiger partial charge in [-0.1, -0.05) is 102 Å². The number of aromatic nitrogens is 4. The molecule has 286 valence electrons. The van der Waals surface area contributed by atoms with Gasteiger partial charge >= 0.3 is 5.97 Å². The van der Waals surface area contributed by atoms with Crippen molar-refractivity contribution in [3.8, 4) is 11.4 Å². The molecule has 0 aliphatic carbocycles. The number of nitrogens with zero attached hydrogens (tertiary/aromatic N) is 6. The van der Waals surface area contributed by atoms with Gasteiger partial charge in [-0.05, 0) is 72.1 Å². The molecule has 58 heavy (non-hydrogen) atoms. The van der Waals surface area contributed by atoms with Crippen LogP contribution in [0.25, 0.3) is 42.7 Å². The summed E-state index contributed by atoms with van der Waals surface area (Å²) < 4.78 is 17.0. The Labute approximate surface area is 344 Å². The molecule has 9 rings (SSSR count). The first-order chi connectivity index (χ1) is 28.6. The van der Waals surface area contributed by atoms with Gasteiger partial charge in [-0.25, -0.2) is 4.79 Å². The number of esters is 1. The molecule has 0 N–H and O–H groups in total. The number of hydrogen-bond acceptors (Lipinski definition) is 6. The van der Waals surface area contributed by atoms with Crippen LogP contribution in [0.4, 0.5) is 0 Å². The van der Waals surface area contributed by atoms with Crippen LogP contribution in [0.2, 0.25) is 0 Å². The summed E-state index contributed by atoms with van der Waals surface area (Å²) >= 11 is 3.26. The van der Waals surface area contributed by atoms with Gasteiger partial charge in [-0.15, -0.1) is 10.2 Å². The molecular weight excluding hydrogens is 757 g/mol. The molecule has 0 atom stereocenters. The number of unbranched alkanes of at least 4 members (excludes halogenated alkanes) is 1. The van der Waals surface area contributed by atoms with E-state index in [9.17, 15) is 4.79 Å². The topological polar surface area (TPSA) is 68.6 Å². The third-order valence-electron chi connectivity index (χ3n) is 10.4. The number of pyridine rings is 2. The van der Waals surface area contributed by atoms with Crippen LogP contribution in [0.3, 0.4) is 0 Å². The molecule has 0 bridgehead atoms. The molecule has 5 aromatic carbocycles. The largest absolute Gasteiger partial charge is 0.462 e. The summed E-state index contributed by atoms with van der Waals surface area (Å²) in [6, 6.07) is 54.0. The zero-order valence-corrected chi connectivity index (χ0v) is 33.8. The minimum absolute atomic E-state index is 0.307. The zero-order valence-electron chi connectivity index (χ0n) is 32.1. The normalized spacial score (nSPS) is 12.2. The summed E-state index contributed by atoms with van der Waals surface area (Å²) in [6.07, 6.45) is 3.77. The van der Waals surface area contributed by atoms with E-state index in [0.717, 1.165) is 61.7 Å². The van der Waals surface area contributed by atoms with Crippen molar-refractivity contribution in [1.82, 2.24) is 9.13 Å². The number of rotatable bonds is 12. The number of benzene rings is 5. The molecule has 0 amide bonds. The zero-order chi connectivity index (χ0) is 39.3. The highest BCUT2D eigenvalue weighted by atomic mass is 32.1. The highest BCUT2D eigenvalue weighted by Gasteiger charge is 2.22. The van der Waals surface area contributed by atoms with E-state index < -0.39 is 0 Å². The van der Waals surface area contributed by atoms with Crippen LogP contribution >= 0.6 is 22.7 Å². The molecule has 4 aromatic heterocycles. The molecule has 0 radical (unpaired) electrons. The number of hydrogen-bond donors (Lipinski definition) is 0. The van der Waals surface area contributed by atoms with Crippen LogP contribution in [0.5, 0.6) is 0 Å². The van der Waals surface area contributed by atoms with Crippen molar-refractivity contribution in [3.63, 3.8) is 0 Å². The number of carbonyl (C=O) groups excluding carboxylic acids is 1. The molecule has 0 saturated heterocycles. The first kappa shape index (κ1) is 37.1. The third kappa shape index (κ3) is 7.89. The third-order valence-corrected chi connectivity index (χ3v) is 12.5. The Morgan fingerprint density at radius 2 is 1.21 bits per heavy atom. The molecule has 8 nitrogen and oxygen atoms in total. The fourth-order valence-electron chi connectivity index (χ4n) is 7.42. The Balaban J connectivity index is 0.871. The van der Waals surface area contributed by atoms with Crippen LogP contribution in [0.1, 0.15) is 34.3 Å². The monoisotopic (exact) mass is 798 g/mol. The van der Waals surface area contributed by atoms with Gasteiger partial charge in [0.05, 0.1) is 45.7 Å². The lowest BCUT2D eigenvalue weighted by atomic mass is 10.1. The lowest BCUT2D eigenvalue weighted by Crippen LogP contribution is -2.41. The van der Waals surface area contributed by atoms with Gasteiger partial charge in [0.2, 0.25) is 15.1 Å². The summed E-state index contributed by atoms with van der Waals surface area (Å²) in [5.41, 5.74) is 8.53. The average Bonchev–Trinajstić information content (AvgIpc) is 3.80. The highest BCUT2D eigenvalue weighted by molar-refractivity contribution is 7.16. The van der Waals surface area contributed by atoms with E-state index in [0.29, 0.717) is 25.3 Å². The smallest absolute Gasteiger partial charge is 0.338 e. The van der Waals surface area contributed by atoms with Gasteiger partial charge in [0.1, 0.15) is 13.6 Å². The second-order valence-electron chi connectivity index (χ2n) is 14.2. The van der Waals surface area contributed by atoms with E-state index in [-0.39, 0.29) is 5.97 Å². The fraction of sp³-hybridized carbons (Fsp3) is 0.146. The lowest BCUT2D eigenvalue weighted by molar-refractivity contribution is -0.699. The summed E-state index contributed by atoms with van der Waals surface area (Å²) in [6.45, 7) is 2.48. The van der Waals surface area contributed by atoms with Gasteiger partial charge in [0.25, 0.3) is 11.4 Å². The highest BCUT2D eigenvalue weighted by Crippen LogP contribution is 2.21. The van der Waals surface area contributed by atoms with Gasteiger partial charge in [-0.2, -0.15) is 9.13 Å². The molecule has 0 fully saturated rings. The summed E-state index contributed by atoms with van der Waals surface area (Å²) in [4.78, 5) is 14.7. The number of thiazole rings is 2. The molecule has 0 saturated carbocycles. The minimum Gasteiger partial charge on any atom is -0.462 e. The van der Waals surface area contributed by atoms with E-state index in [1.165, 1.54) is 21.2 Å². The number of para-hydroxylation sites is 3. The van der Waals surface area contributed by atoms with Crippen LogP contribution < -0.4 is 18.7 Å². The predicted molar refractivity (Wildman–Crippen MR) is 232 cm³/mol. The number of fused-ring (bicyclic) bond motifs is 3. The lowest BCUT2D eigenvalue weighted by Gasteiger charge is -2.08. The fourth-order valence-corrected chi connectivity index (χ4v) is 9.38. The van der Waals surface area contributed by atoms with Crippen LogP contribution in [-0.4, -0.2) is 21.7 Å². The number of carbonyl (C=O) groups is 1. The van der Waals surface area contributed by atoms with Crippen molar-refractivity contribution >= 4 is 60.0 Å². The summed E-state index contributed by atoms with van der Waals surface area (Å²) in [5, 5.41) is 11.0. The number of aryl methyl sites for hydroxylation is 2. The van der Waals surface area contributed by atoms with Crippen molar-refractivity contribution < 1.29 is 18.7 Å². The summed E-state index contributed by atoms with van der Waals surface area (Å²) in [5.74, 6) is -0.307. The molecule has 0 unspecified atom stereocenters. The van der Waals surface area contributed by atoms with E-state index in [4.69, 9.17) is 14.9 Å². The summed E-state index contributed by atoms with van der Waals surface area (Å²) in [7, 11) is 2.11. The molecule has 0 aliphatic rings. The second-order valence-corrected chi connectivity index (χ2v) is 16.2. The van der Waals surface area contributed by atoms with Gasteiger partial charge in [-0.3, -0.25) is 0 Å². The Morgan fingerprint density at radius 3 is 1.91 bits per heavy atom. The standard InChI is InChI=1S/C48H42N6O2S2/c1-51-39-18-6-5-17-37(39)28-29-40(51)41-19-11-12-30-52(41)31-13-14-32-56-46(55)38-26-24-36(25-27-38)34-54-43-21-8-10-23-45(43)58-48(54)50-49-47-53(33-35-15-3-2-4-16-35)42-20-7-9-22-44(42)57-47/h2-12,15-30H,13-14,31-34H2,1H3/q+2/b49-47+,50-48-. The van der Waals surface area contributed by atoms with Crippen LogP contribution in [0, 0.1) is 0 Å². The van der Waals surface area contributed by atoms with Crippen LogP contribution in [0.15, 0.2) is 174 Å². The van der Waals surface area contributed by atoms with Crippen molar-refractivity contribution in [3.05, 3.63) is 190 Å². The average molecular weight is 799 g/mol. The maximum atomic E-state index is 13.1. The first-order valence-electron chi connectivity index (χ1n) is 19.5. The quantitative estimate of drug-likeness (QED) is 0.0537. The van der Waals surface area contributed by atoms with Crippen molar-refractivity contribution in [1.29, 1.82) is 0 Å². The van der Waals surface area contributed by atoms with Gasteiger partial charge in [0.15, 0.2) is 6.20 Å². The van der Waals surface area contributed by atoms with E-state index in [1.807, 2.05) is 42.5 Å². The SMILES string of the molecule is C[n+]1c(-c2cccc[n+]2CCCCOC(=O)c2ccc(Cn3/c(=N/N=c4/sc5ccccc5n4Cc4ccccc4)sc4ccccc43)cc2)ccc2ccccc21. The van der Waals surface area contributed by atoms with Crippen molar-refractivity contribution in [2.45, 2.75) is 32.5 Å². The van der Waals surface area contributed by atoms with E-state index in [2.05, 4.69) is 147 Å². The Bertz CT molecular complexity index is 3030. The Kier molecular flexibility index (Phi) is 10.8. The Morgan fingerprint density at radius 1 is 0.603 bits per heavy atom. The molecule has 9 aromatic rings. The maximum Gasteiger partial charge on any atom is 0.338 e. The maximum absolute atomic E-state index is 13.1. The van der Waals surface area contributed by atoms with Crippen molar-refractivity contribution in [2.75, 3.05) is 6.61 Å². The molecule has 10 heteroatoms.